The number of carboxylic acids is 1. The van der Waals surface area contributed by atoms with E-state index in [2.05, 4.69) is 4.98 Å². The van der Waals surface area contributed by atoms with Crippen molar-refractivity contribution in [2.45, 2.75) is 56.8 Å². The molecule has 5 rings (SSSR count). The second-order valence-corrected chi connectivity index (χ2v) is 10.0. The van der Waals surface area contributed by atoms with Crippen LogP contribution in [0.2, 0.25) is 0 Å². The highest BCUT2D eigenvalue weighted by Gasteiger charge is 2.55. The Kier molecular flexibility index (Phi) is 5.35. The lowest BCUT2D eigenvalue weighted by molar-refractivity contribution is -0.131. The molecule has 0 saturated carbocycles. The van der Waals surface area contributed by atoms with Gasteiger partial charge in [-0.05, 0) is 74.9 Å². The molecule has 3 aromatic rings. The number of rotatable bonds is 5. The predicted molar refractivity (Wildman–Crippen MR) is 125 cm³/mol. The van der Waals surface area contributed by atoms with E-state index >= 15 is 13.2 Å². The van der Waals surface area contributed by atoms with E-state index in [9.17, 15) is 4.79 Å². The van der Waals surface area contributed by atoms with Crippen molar-refractivity contribution in [1.82, 2.24) is 9.88 Å². The molecule has 0 spiro atoms. The summed E-state index contributed by atoms with van der Waals surface area (Å²) in [5.74, 6) is -2.73. The number of hydrogen-bond donors (Lipinski definition) is 2. The van der Waals surface area contributed by atoms with Crippen molar-refractivity contribution in [2.75, 3.05) is 6.54 Å². The van der Waals surface area contributed by atoms with Crippen LogP contribution in [0.5, 0.6) is 0 Å². The maximum absolute atomic E-state index is 15.8. The molecule has 2 bridgehead atoms. The van der Waals surface area contributed by atoms with Gasteiger partial charge in [0.1, 0.15) is 17.3 Å². The first-order valence-corrected chi connectivity index (χ1v) is 11.6. The second kappa shape index (κ2) is 8.01. The molecule has 4 nitrogen and oxygen atoms in total. The van der Waals surface area contributed by atoms with Crippen LogP contribution in [-0.4, -0.2) is 39.2 Å². The first kappa shape index (κ1) is 22.7. The highest BCUT2D eigenvalue weighted by Crippen LogP contribution is 2.53. The van der Waals surface area contributed by atoms with Crippen LogP contribution in [0.15, 0.2) is 42.5 Å². The Morgan fingerprint density at radius 3 is 2.65 bits per heavy atom. The zero-order chi connectivity index (χ0) is 24.3. The van der Waals surface area contributed by atoms with Crippen molar-refractivity contribution in [3.8, 4) is 0 Å². The number of piperidine rings is 1. The van der Waals surface area contributed by atoms with E-state index < -0.39 is 28.8 Å². The Balaban J connectivity index is 1.79. The Morgan fingerprint density at radius 2 is 1.97 bits per heavy atom. The van der Waals surface area contributed by atoms with E-state index in [-0.39, 0.29) is 23.7 Å². The molecule has 0 unspecified atom stereocenters. The first-order valence-electron chi connectivity index (χ1n) is 11.6. The van der Waals surface area contributed by atoms with Gasteiger partial charge in [0, 0.05) is 40.8 Å². The largest absolute Gasteiger partial charge is 0.478 e. The van der Waals surface area contributed by atoms with Crippen molar-refractivity contribution in [3.63, 3.8) is 0 Å². The van der Waals surface area contributed by atoms with Crippen LogP contribution in [0, 0.1) is 11.6 Å². The molecule has 7 heteroatoms. The Morgan fingerprint density at radius 1 is 1.26 bits per heavy atom. The van der Waals surface area contributed by atoms with Gasteiger partial charge in [-0.1, -0.05) is 18.2 Å². The number of nitrogens with one attached hydrogen (secondary N) is 1. The SMILES string of the molecule is CC(C)(F)CN1[C@@H]2CCC[C@@]1(c1c(F)cc(/C=C/C(=O)O)cc1F)c1[nH]c3ccccc3c1C2. The van der Waals surface area contributed by atoms with Crippen molar-refractivity contribution in [3.05, 3.63) is 76.5 Å². The van der Waals surface area contributed by atoms with Crippen molar-refractivity contribution in [2.24, 2.45) is 0 Å². The number of carboxylic acid groups (broad SMARTS) is 1. The van der Waals surface area contributed by atoms with Gasteiger partial charge in [-0.15, -0.1) is 0 Å². The second-order valence-electron chi connectivity index (χ2n) is 10.0. The number of fused-ring (bicyclic) bond motifs is 6. The third kappa shape index (κ3) is 3.63. The van der Waals surface area contributed by atoms with Crippen molar-refractivity contribution in [1.29, 1.82) is 0 Å². The molecule has 0 amide bonds. The van der Waals surface area contributed by atoms with Gasteiger partial charge >= 0.3 is 5.97 Å². The van der Waals surface area contributed by atoms with Gasteiger partial charge in [0.25, 0.3) is 0 Å². The molecule has 1 fully saturated rings. The average molecular weight is 469 g/mol. The molecule has 2 N–H and O–H groups in total. The summed E-state index contributed by atoms with van der Waals surface area (Å²) < 4.78 is 46.7. The van der Waals surface area contributed by atoms with Crippen LogP contribution in [0.1, 0.15) is 55.5 Å². The zero-order valence-corrected chi connectivity index (χ0v) is 19.2. The molecule has 0 aliphatic carbocycles. The summed E-state index contributed by atoms with van der Waals surface area (Å²) in [6.45, 7) is 3.01. The normalized spacial score (nSPS) is 22.9. The van der Waals surface area contributed by atoms with Crippen molar-refractivity contribution < 1.29 is 23.1 Å². The lowest BCUT2D eigenvalue weighted by atomic mass is 9.68. The topological polar surface area (TPSA) is 56.3 Å². The maximum Gasteiger partial charge on any atom is 0.328 e. The van der Waals surface area contributed by atoms with Gasteiger partial charge in [0.2, 0.25) is 0 Å². The summed E-state index contributed by atoms with van der Waals surface area (Å²) in [7, 11) is 0. The van der Waals surface area contributed by atoms with Gasteiger partial charge in [0.15, 0.2) is 0 Å². The lowest BCUT2D eigenvalue weighted by Gasteiger charge is -2.56. The smallest absolute Gasteiger partial charge is 0.328 e. The van der Waals surface area contributed by atoms with E-state index in [1.54, 1.807) is 0 Å². The fourth-order valence-electron chi connectivity index (χ4n) is 6.00. The minimum absolute atomic E-state index is 0.0338. The average Bonchev–Trinajstić information content (AvgIpc) is 3.11. The first-order chi connectivity index (χ1) is 16.1. The Hall–Kier alpha value is -3.06. The molecular weight excluding hydrogens is 441 g/mol. The summed E-state index contributed by atoms with van der Waals surface area (Å²) in [5.41, 5.74) is -0.108. The highest BCUT2D eigenvalue weighted by molar-refractivity contribution is 5.86. The lowest BCUT2D eigenvalue weighted by Crippen LogP contribution is -2.62. The molecule has 2 aliphatic rings. The molecular formula is C27H27F3N2O2. The Labute approximate surface area is 196 Å². The number of H-pyrrole nitrogens is 1. The van der Waals surface area contributed by atoms with Gasteiger partial charge in [0.05, 0.1) is 5.54 Å². The highest BCUT2D eigenvalue weighted by atomic mass is 19.1. The molecule has 0 radical (unpaired) electrons. The van der Waals surface area contributed by atoms with Gasteiger partial charge in [-0.3, -0.25) is 4.90 Å². The number of halogens is 3. The summed E-state index contributed by atoms with van der Waals surface area (Å²) in [4.78, 5) is 16.3. The number of benzene rings is 2. The van der Waals surface area contributed by atoms with Crippen molar-refractivity contribution >= 4 is 22.9 Å². The number of aromatic amines is 1. The van der Waals surface area contributed by atoms with E-state index in [1.165, 1.54) is 13.8 Å². The van der Waals surface area contributed by atoms with Crippen LogP contribution in [0.4, 0.5) is 13.2 Å². The summed E-state index contributed by atoms with van der Waals surface area (Å²) >= 11 is 0. The fourth-order valence-corrected chi connectivity index (χ4v) is 6.00. The number of aliphatic carboxylic acids is 1. The zero-order valence-electron chi connectivity index (χ0n) is 19.2. The molecule has 2 aromatic carbocycles. The molecule has 34 heavy (non-hydrogen) atoms. The van der Waals surface area contributed by atoms with E-state index in [0.717, 1.165) is 59.3 Å². The van der Waals surface area contributed by atoms with Gasteiger partial charge in [-0.25, -0.2) is 18.0 Å². The van der Waals surface area contributed by atoms with E-state index in [0.29, 0.717) is 12.8 Å². The maximum atomic E-state index is 15.8. The summed E-state index contributed by atoms with van der Waals surface area (Å²) in [6.07, 6.45) is 4.70. The predicted octanol–water partition coefficient (Wildman–Crippen LogP) is 5.95. The number of para-hydroxylation sites is 1. The standard InChI is InChI=1S/C27H27F3N2O2/c1-26(2,30)15-32-17-6-5-11-27(32,25-19(14-17)18-7-3-4-8-22(18)31-25)24-20(28)12-16(13-21(24)29)9-10-23(33)34/h3-4,7-10,12-13,17,31H,5-6,11,14-15H2,1-2H3,(H,33,34)/b10-9+/t17-,27-/m1/s1. The molecule has 1 saturated heterocycles. The number of hydrogen-bond acceptors (Lipinski definition) is 2. The number of nitrogens with zero attached hydrogens (tertiary/aromatic N) is 1. The van der Waals surface area contributed by atoms with Crippen LogP contribution < -0.4 is 0 Å². The molecule has 2 aliphatic heterocycles. The molecule has 1 aromatic heterocycles. The van der Waals surface area contributed by atoms with E-state index in [1.807, 2.05) is 29.2 Å². The number of alkyl halides is 1. The fraction of sp³-hybridized carbons (Fsp3) is 0.370. The third-order valence-corrected chi connectivity index (χ3v) is 7.12. The summed E-state index contributed by atoms with van der Waals surface area (Å²) in [5, 5.41) is 9.91. The number of carbonyl (C=O) groups is 1. The van der Waals surface area contributed by atoms with E-state index in [4.69, 9.17) is 5.11 Å². The van der Waals surface area contributed by atoms with Crippen LogP contribution in [0.25, 0.3) is 17.0 Å². The molecule has 2 atom stereocenters. The third-order valence-electron chi connectivity index (χ3n) is 7.12. The monoisotopic (exact) mass is 468 g/mol. The minimum atomic E-state index is -1.57. The van der Waals surface area contributed by atoms with Gasteiger partial charge < -0.3 is 10.1 Å². The summed E-state index contributed by atoms with van der Waals surface area (Å²) in [6, 6.07) is 10.1. The molecule has 178 valence electrons. The Bertz CT molecular complexity index is 1280. The quantitative estimate of drug-likeness (QED) is 0.455. The van der Waals surface area contributed by atoms with Gasteiger partial charge in [-0.2, -0.15) is 0 Å². The van der Waals surface area contributed by atoms with Crippen LogP contribution in [-0.2, 0) is 16.8 Å². The minimum Gasteiger partial charge on any atom is -0.478 e. The van der Waals surface area contributed by atoms with Crippen LogP contribution >= 0.6 is 0 Å². The molecule has 3 heterocycles. The number of aromatic nitrogens is 1. The van der Waals surface area contributed by atoms with Crippen LogP contribution in [0.3, 0.4) is 0 Å².